The maximum absolute atomic E-state index is 6.26. The first-order valence-corrected chi connectivity index (χ1v) is 6.11. The van der Waals surface area contributed by atoms with E-state index in [2.05, 4.69) is 13.8 Å². The SMILES string of the molecule is CCC(C)CC(N)C1CC2CCC1O2. The van der Waals surface area contributed by atoms with Crippen molar-refractivity contribution in [3.05, 3.63) is 0 Å². The van der Waals surface area contributed by atoms with E-state index in [4.69, 9.17) is 10.5 Å². The van der Waals surface area contributed by atoms with Crippen molar-refractivity contribution in [1.29, 1.82) is 0 Å². The highest BCUT2D eigenvalue weighted by Crippen LogP contribution is 2.41. The molecule has 2 heterocycles. The van der Waals surface area contributed by atoms with Crippen LogP contribution in [0.15, 0.2) is 0 Å². The largest absolute Gasteiger partial charge is 0.375 e. The van der Waals surface area contributed by atoms with Crippen LogP contribution in [0.5, 0.6) is 0 Å². The van der Waals surface area contributed by atoms with Gasteiger partial charge in [0.1, 0.15) is 0 Å². The van der Waals surface area contributed by atoms with Crippen molar-refractivity contribution in [2.75, 3.05) is 0 Å². The lowest BCUT2D eigenvalue weighted by Gasteiger charge is -2.27. The zero-order chi connectivity index (χ0) is 10.1. The Morgan fingerprint density at radius 3 is 2.71 bits per heavy atom. The fraction of sp³-hybridized carbons (Fsp3) is 1.00. The molecular weight excluding hydrogens is 174 g/mol. The predicted molar refractivity (Wildman–Crippen MR) is 58.0 cm³/mol. The van der Waals surface area contributed by atoms with Gasteiger partial charge in [0, 0.05) is 12.0 Å². The Balaban J connectivity index is 1.83. The van der Waals surface area contributed by atoms with E-state index in [-0.39, 0.29) is 0 Å². The predicted octanol–water partition coefficient (Wildman–Crippen LogP) is 2.32. The molecule has 0 aromatic rings. The summed E-state index contributed by atoms with van der Waals surface area (Å²) in [5, 5.41) is 0. The van der Waals surface area contributed by atoms with E-state index in [0.29, 0.717) is 24.2 Å². The third-order valence-electron chi connectivity index (χ3n) is 4.07. The first kappa shape index (κ1) is 10.4. The van der Waals surface area contributed by atoms with E-state index < -0.39 is 0 Å². The second-order valence-corrected chi connectivity index (χ2v) is 5.19. The number of fused-ring (bicyclic) bond motifs is 2. The van der Waals surface area contributed by atoms with Crippen LogP contribution in [0.25, 0.3) is 0 Å². The molecule has 0 spiro atoms. The van der Waals surface area contributed by atoms with Gasteiger partial charge in [-0.3, -0.25) is 0 Å². The molecule has 2 aliphatic rings. The highest BCUT2D eigenvalue weighted by Gasteiger charge is 2.43. The molecule has 5 atom stereocenters. The van der Waals surface area contributed by atoms with Gasteiger partial charge < -0.3 is 10.5 Å². The normalized spacial score (nSPS) is 40.1. The molecule has 2 saturated heterocycles. The maximum atomic E-state index is 6.26. The van der Waals surface area contributed by atoms with E-state index in [1.807, 2.05) is 0 Å². The van der Waals surface area contributed by atoms with Gasteiger partial charge in [0.15, 0.2) is 0 Å². The van der Waals surface area contributed by atoms with Crippen molar-refractivity contribution >= 4 is 0 Å². The average Bonchev–Trinajstić information content (AvgIpc) is 2.78. The third kappa shape index (κ3) is 1.96. The van der Waals surface area contributed by atoms with Crippen LogP contribution in [0.1, 0.15) is 46.0 Å². The monoisotopic (exact) mass is 197 g/mol. The van der Waals surface area contributed by atoms with E-state index in [1.54, 1.807) is 0 Å². The quantitative estimate of drug-likeness (QED) is 0.750. The van der Waals surface area contributed by atoms with Crippen molar-refractivity contribution in [2.24, 2.45) is 17.6 Å². The van der Waals surface area contributed by atoms with Crippen molar-refractivity contribution in [3.8, 4) is 0 Å². The smallest absolute Gasteiger partial charge is 0.0623 e. The Labute approximate surface area is 87.2 Å². The molecule has 0 aromatic carbocycles. The number of hydrogen-bond donors (Lipinski definition) is 1. The van der Waals surface area contributed by atoms with Gasteiger partial charge in [-0.1, -0.05) is 20.3 Å². The van der Waals surface area contributed by atoms with Crippen LogP contribution in [-0.2, 0) is 4.74 Å². The maximum Gasteiger partial charge on any atom is 0.0623 e. The number of hydrogen-bond acceptors (Lipinski definition) is 2. The summed E-state index contributed by atoms with van der Waals surface area (Å²) in [6.07, 6.45) is 7.22. The Morgan fingerprint density at radius 1 is 1.43 bits per heavy atom. The minimum Gasteiger partial charge on any atom is -0.375 e. The average molecular weight is 197 g/mol. The van der Waals surface area contributed by atoms with Crippen LogP contribution >= 0.6 is 0 Å². The van der Waals surface area contributed by atoms with Gasteiger partial charge in [0.25, 0.3) is 0 Å². The summed E-state index contributed by atoms with van der Waals surface area (Å²) >= 11 is 0. The summed E-state index contributed by atoms with van der Waals surface area (Å²) in [7, 11) is 0. The second-order valence-electron chi connectivity index (χ2n) is 5.19. The zero-order valence-electron chi connectivity index (χ0n) is 9.41. The molecule has 2 fully saturated rings. The first-order chi connectivity index (χ1) is 6.70. The van der Waals surface area contributed by atoms with Gasteiger partial charge in [-0.15, -0.1) is 0 Å². The third-order valence-corrected chi connectivity index (χ3v) is 4.07. The lowest BCUT2D eigenvalue weighted by Crippen LogP contribution is -2.37. The summed E-state index contributed by atoms with van der Waals surface area (Å²) in [5.41, 5.74) is 6.26. The molecule has 5 unspecified atom stereocenters. The molecule has 2 N–H and O–H groups in total. The molecule has 2 nitrogen and oxygen atoms in total. The van der Waals surface area contributed by atoms with Crippen molar-refractivity contribution in [2.45, 2.75) is 64.2 Å². The second kappa shape index (κ2) is 4.19. The van der Waals surface area contributed by atoms with Gasteiger partial charge in [-0.25, -0.2) is 0 Å². The van der Waals surface area contributed by atoms with Crippen LogP contribution in [0.2, 0.25) is 0 Å². The highest BCUT2D eigenvalue weighted by atomic mass is 16.5. The van der Waals surface area contributed by atoms with Crippen molar-refractivity contribution in [3.63, 3.8) is 0 Å². The van der Waals surface area contributed by atoms with Crippen LogP contribution in [0.3, 0.4) is 0 Å². The van der Waals surface area contributed by atoms with E-state index >= 15 is 0 Å². The van der Waals surface area contributed by atoms with Crippen molar-refractivity contribution < 1.29 is 4.74 Å². The Bertz CT molecular complexity index is 195. The topological polar surface area (TPSA) is 35.2 Å². The van der Waals surface area contributed by atoms with Crippen LogP contribution < -0.4 is 5.73 Å². The zero-order valence-corrected chi connectivity index (χ0v) is 9.41. The highest BCUT2D eigenvalue weighted by molar-refractivity contribution is 4.94. The summed E-state index contributed by atoms with van der Waals surface area (Å²) in [6, 6.07) is 0.375. The molecule has 14 heavy (non-hydrogen) atoms. The molecule has 2 bridgehead atoms. The summed E-state index contributed by atoms with van der Waals surface area (Å²) in [6.45, 7) is 4.54. The minimum absolute atomic E-state index is 0.375. The summed E-state index contributed by atoms with van der Waals surface area (Å²) in [4.78, 5) is 0. The minimum atomic E-state index is 0.375. The van der Waals surface area contributed by atoms with Gasteiger partial charge in [-0.2, -0.15) is 0 Å². The van der Waals surface area contributed by atoms with Gasteiger partial charge in [0.05, 0.1) is 12.2 Å². The molecule has 0 saturated carbocycles. The molecule has 0 aromatic heterocycles. The van der Waals surface area contributed by atoms with E-state index in [0.717, 1.165) is 5.92 Å². The summed E-state index contributed by atoms with van der Waals surface area (Å²) < 4.78 is 5.84. The molecule has 0 amide bonds. The molecular formula is C12H23NO. The fourth-order valence-corrected chi connectivity index (χ4v) is 2.93. The molecule has 0 aliphatic carbocycles. The lowest BCUT2D eigenvalue weighted by molar-refractivity contribution is 0.0868. The van der Waals surface area contributed by atoms with Crippen LogP contribution in [0, 0.1) is 11.8 Å². The fourth-order valence-electron chi connectivity index (χ4n) is 2.93. The Morgan fingerprint density at radius 2 is 2.21 bits per heavy atom. The van der Waals surface area contributed by atoms with Gasteiger partial charge >= 0.3 is 0 Å². The summed E-state index contributed by atoms with van der Waals surface area (Å²) in [5.74, 6) is 1.42. The molecule has 0 radical (unpaired) electrons. The number of nitrogens with two attached hydrogens (primary N) is 1. The van der Waals surface area contributed by atoms with Gasteiger partial charge in [-0.05, 0) is 31.6 Å². The van der Waals surface area contributed by atoms with E-state index in [1.165, 1.54) is 32.1 Å². The van der Waals surface area contributed by atoms with Gasteiger partial charge in [0.2, 0.25) is 0 Å². The molecule has 2 aliphatic heterocycles. The number of rotatable bonds is 4. The first-order valence-electron chi connectivity index (χ1n) is 6.11. The van der Waals surface area contributed by atoms with Crippen LogP contribution in [-0.4, -0.2) is 18.2 Å². The molecule has 82 valence electrons. The van der Waals surface area contributed by atoms with Crippen LogP contribution in [0.4, 0.5) is 0 Å². The number of ether oxygens (including phenoxy) is 1. The van der Waals surface area contributed by atoms with E-state index in [9.17, 15) is 0 Å². The standard InChI is InChI=1S/C12H23NO/c1-3-8(2)6-11(13)10-7-9-4-5-12(10)14-9/h8-12H,3-7,13H2,1-2H3. The lowest BCUT2D eigenvalue weighted by atomic mass is 9.81. The molecule has 2 heteroatoms. The Hall–Kier alpha value is -0.0800. The molecule has 2 rings (SSSR count). The van der Waals surface area contributed by atoms with Crippen molar-refractivity contribution in [1.82, 2.24) is 0 Å². The Kier molecular flexibility index (Phi) is 3.13.